The van der Waals surface area contributed by atoms with Gasteiger partial charge in [-0.2, -0.15) is 5.10 Å². The summed E-state index contributed by atoms with van der Waals surface area (Å²) in [5.41, 5.74) is 0. The van der Waals surface area contributed by atoms with Crippen LogP contribution in [0.5, 0.6) is 0 Å². The van der Waals surface area contributed by atoms with Crippen LogP contribution in [0.25, 0.3) is 0 Å². The standard InChI is InChI=1S/C13H23N3/c1-3-7-14-12-6-5-11(2)10-13(12)16-9-4-8-15-16/h4,8-9,11-14H,3,5-7,10H2,1-2H3. The zero-order valence-electron chi connectivity index (χ0n) is 10.4. The van der Waals surface area contributed by atoms with Gasteiger partial charge >= 0.3 is 0 Å². The Labute approximate surface area is 98.2 Å². The van der Waals surface area contributed by atoms with Crippen LogP contribution in [0.15, 0.2) is 18.5 Å². The Balaban J connectivity index is 2.03. The molecular formula is C13H23N3. The molecule has 3 atom stereocenters. The Bertz CT molecular complexity index is 292. The molecule has 1 N–H and O–H groups in total. The van der Waals surface area contributed by atoms with E-state index in [-0.39, 0.29) is 0 Å². The minimum Gasteiger partial charge on any atom is -0.312 e. The van der Waals surface area contributed by atoms with E-state index in [1.165, 1.54) is 25.7 Å². The van der Waals surface area contributed by atoms with E-state index in [2.05, 4.69) is 35.1 Å². The van der Waals surface area contributed by atoms with Crippen LogP contribution in [0.2, 0.25) is 0 Å². The molecule has 0 radical (unpaired) electrons. The minimum absolute atomic E-state index is 0.547. The molecule has 3 heteroatoms. The summed E-state index contributed by atoms with van der Waals surface area (Å²) in [7, 11) is 0. The molecule has 0 aliphatic heterocycles. The molecule has 1 aromatic heterocycles. The summed E-state index contributed by atoms with van der Waals surface area (Å²) in [5.74, 6) is 0.828. The molecular weight excluding hydrogens is 198 g/mol. The van der Waals surface area contributed by atoms with Gasteiger partial charge in [0.25, 0.3) is 0 Å². The maximum atomic E-state index is 4.41. The van der Waals surface area contributed by atoms with E-state index in [4.69, 9.17) is 0 Å². The van der Waals surface area contributed by atoms with Crippen LogP contribution in [-0.2, 0) is 0 Å². The minimum atomic E-state index is 0.547. The van der Waals surface area contributed by atoms with Crippen LogP contribution < -0.4 is 5.32 Å². The van der Waals surface area contributed by atoms with E-state index >= 15 is 0 Å². The van der Waals surface area contributed by atoms with Crippen molar-refractivity contribution in [3.8, 4) is 0 Å². The first-order valence-corrected chi connectivity index (χ1v) is 6.53. The van der Waals surface area contributed by atoms with Crippen molar-refractivity contribution in [1.29, 1.82) is 0 Å². The van der Waals surface area contributed by atoms with Gasteiger partial charge in [-0.05, 0) is 44.2 Å². The zero-order chi connectivity index (χ0) is 11.4. The van der Waals surface area contributed by atoms with Crippen molar-refractivity contribution in [3.63, 3.8) is 0 Å². The molecule has 0 aromatic carbocycles. The van der Waals surface area contributed by atoms with Gasteiger partial charge in [0.05, 0.1) is 6.04 Å². The zero-order valence-corrected chi connectivity index (χ0v) is 10.4. The number of hydrogen-bond acceptors (Lipinski definition) is 2. The van der Waals surface area contributed by atoms with Crippen molar-refractivity contribution in [2.24, 2.45) is 5.92 Å². The monoisotopic (exact) mass is 221 g/mol. The van der Waals surface area contributed by atoms with Crippen LogP contribution in [0, 0.1) is 5.92 Å². The summed E-state index contributed by atoms with van der Waals surface area (Å²) in [6.07, 6.45) is 9.07. The third-order valence-corrected chi connectivity index (χ3v) is 3.60. The number of nitrogens with one attached hydrogen (secondary N) is 1. The lowest BCUT2D eigenvalue weighted by molar-refractivity contribution is 0.203. The number of rotatable bonds is 4. The molecule has 16 heavy (non-hydrogen) atoms. The van der Waals surface area contributed by atoms with Crippen LogP contribution in [0.1, 0.15) is 45.6 Å². The average Bonchev–Trinajstić information content (AvgIpc) is 2.80. The predicted molar refractivity (Wildman–Crippen MR) is 66.4 cm³/mol. The smallest absolute Gasteiger partial charge is 0.0674 e. The molecule has 1 saturated carbocycles. The van der Waals surface area contributed by atoms with Crippen LogP contribution >= 0.6 is 0 Å². The molecule has 0 bridgehead atoms. The number of aromatic nitrogens is 2. The van der Waals surface area contributed by atoms with Gasteiger partial charge in [0, 0.05) is 18.4 Å². The van der Waals surface area contributed by atoms with Gasteiger partial charge in [0.15, 0.2) is 0 Å². The lowest BCUT2D eigenvalue weighted by Gasteiger charge is -2.35. The Kier molecular flexibility index (Phi) is 3.99. The molecule has 1 aliphatic rings. The highest BCUT2D eigenvalue weighted by molar-refractivity contribution is 4.90. The molecule has 1 heterocycles. The molecule has 0 amide bonds. The maximum absolute atomic E-state index is 4.41. The van der Waals surface area contributed by atoms with Crippen molar-refractivity contribution in [1.82, 2.24) is 15.1 Å². The molecule has 0 saturated heterocycles. The SMILES string of the molecule is CCCNC1CCC(C)CC1n1cccn1. The van der Waals surface area contributed by atoms with E-state index in [0.717, 1.165) is 12.5 Å². The highest BCUT2D eigenvalue weighted by Crippen LogP contribution is 2.32. The molecule has 1 aromatic rings. The summed E-state index contributed by atoms with van der Waals surface area (Å²) in [5, 5.41) is 8.08. The summed E-state index contributed by atoms with van der Waals surface area (Å²) < 4.78 is 2.14. The third-order valence-electron chi connectivity index (χ3n) is 3.60. The topological polar surface area (TPSA) is 29.9 Å². The average molecular weight is 221 g/mol. The van der Waals surface area contributed by atoms with Crippen molar-refractivity contribution < 1.29 is 0 Å². The fraction of sp³-hybridized carbons (Fsp3) is 0.769. The third kappa shape index (κ3) is 2.64. The van der Waals surface area contributed by atoms with E-state index in [9.17, 15) is 0 Å². The second-order valence-electron chi connectivity index (χ2n) is 5.03. The fourth-order valence-corrected chi connectivity index (χ4v) is 2.69. The molecule has 2 rings (SSSR count). The molecule has 3 nitrogen and oxygen atoms in total. The Morgan fingerprint density at radius 1 is 1.44 bits per heavy atom. The summed E-state index contributed by atoms with van der Waals surface area (Å²) >= 11 is 0. The highest BCUT2D eigenvalue weighted by Gasteiger charge is 2.29. The largest absolute Gasteiger partial charge is 0.312 e. The normalized spacial score (nSPS) is 30.5. The van der Waals surface area contributed by atoms with Gasteiger partial charge < -0.3 is 5.32 Å². The molecule has 1 fully saturated rings. The van der Waals surface area contributed by atoms with Gasteiger partial charge in [-0.25, -0.2) is 0 Å². The quantitative estimate of drug-likeness (QED) is 0.847. The van der Waals surface area contributed by atoms with Crippen molar-refractivity contribution >= 4 is 0 Å². The van der Waals surface area contributed by atoms with Crippen molar-refractivity contribution in [3.05, 3.63) is 18.5 Å². The van der Waals surface area contributed by atoms with Gasteiger partial charge in [0.2, 0.25) is 0 Å². The van der Waals surface area contributed by atoms with Crippen LogP contribution in [-0.4, -0.2) is 22.4 Å². The van der Waals surface area contributed by atoms with E-state index in [1.807, 2.05) is 12.3 Å². The molecule has 90 valence electrons. The first-order chi connectivity index (χ1) is 7.81. The maximum Gasteiger partial charge on any atom is 0.0674 e. The Morgan fingerprint density at radius 3 is 3.00 bits per heavy atom. The van der Waals surface area contributed by atoms with Crippen molar-refractivity contribution in [2.75, 3.05) is 6.54 Å². The van der Waals surface area contributed by atoms with Gasteiger partial charge in [-0.3, -0.25) is 4.68 Å². The molecule has 0 spiro atoms. The number of hydrogen-bond donors (Lipinski definition) is 1. The van der Waals surface area contributed by atoms with Crippen LogP contribution in [0.4, 0.5) is 0 Å². The Hall–Kier alpha value is -0.830. The second kappa shape index (κ2) is 5.48. The fourth-order valence-electron chi connectivity index (χ4n) is 2.69. The second-order valence-corrected chi connectivity index (χ2v) is 5.03. The lowest BCUT2D eigenvalue weighted by Crippen LogP contribution is -2.42. The van der Waals surface area contributed by atoms with Crippen LogP contribution in [0.3, 0.4) is 0 Å². The summed E-state index contributed by atoms with van der Waals surface area (Å²) in [4.78, 5) is 0. The first kappa shape index (κ1) is 11.6. The van der Waals surface area contributed by atoms with E-state index in [0.29, 0.717) is 12.1 Å². The van der Waals surface area contributed by atoms with Crippen molar-refractivity contribution in [2.45, 2.75) is 51.6 Å². The van der Waals surface area contributed by atoms with E-state index in [1.54, 1.807) is 0 Å². The highest BCUT2D eigenvalue weighted by atomic mass is 15.3. The van der Waals surface area contributed by atoms with Gasteiger partial charge in [0.1, 0.15) is 0 Å². The van der Waals surface area contributed by atoms with E-state index < -0.39 is 0 Å². The summed E-state index contributed by atoms with van der Waals surface area (Å²) in [6, 6.07) is 3.18. The first-order valence-electron chi connectivity index (χ1n) is 6.53. The van der Waals surface area contributed by atoms with Gasteiger partial charge in [-0.15, -0.1) is 0 Å². The Morgan fingerprint density at radius 2 is 2.31 bits per heavy atom. The van der Waals surface area contributed by atoms with Gasteiger partial charge in [-0.1, -0.05) is 13.8 Å². The molecule has 1 aliphatic carbocycles. The lowest BCUT2D eigenvalue weighted by atomic mass is 9.83. The summed E-state index contributed by atoms with van der Waals surface area (Å²) in [6.45, 7) is 5.70. The predicted octanol–water partition coefficient (Wildman–Crippen LogP) is 2.61. The molecule has 3 unspecified atom stereocenters. The number of nitrogens with zero attached hydrogens (tertiary/aromatic N) is 2.